The van der Waals surface area contributed by atoms with Gasteiger partial charge >= 0.3 is 0 Å². The van der Waals surface area contributed by atoms with Crippen LogP contribution in [-0.2, 0) is 4.79 Å². The van der Waals surface area contributed by atoms with E-state index in [-0.39, 0.29) is 17.9 Å². The van der Waals surface area contributed by atoms with Crippen molar-refractivity contribution in [1.29, 1.82) is 0 Å². The topological polar surface area (TPSA) is 29.1 Å². The smallest absolute Gasteiger partial charge is 0.223 e. The summed E-state index contributed by atoms with van der Waals surface area (Å²) in [6.45, 7) is 2.08. The van der Waals surface area contributed by atoms with E-state index in [2.05, 4.69) is 48.0 Å². The third kappa shape index (κ3) is 2.87. The number of carbonyl (C=O) groups excluding carboxylic acids is 1. The quantitative estimate of drug-likeness (QED) is 0.903. The Kier molecular flexibility index (Phi) is 3.38. The summed E-state index contributed by atoms with van der Waals surface area (Å²) >= 11 is 1.69. The van der Waals surface area contributed by atoms with E-state index in [0.29, 0.717) is 0 Å². The van der Waals surface area contributed by atoms with E-state index in [0.717, 1.165) is 18.4 Å². The third-order valence-electron chi connectivity index (χ3n) is 3.47. The number of hydrogen-bond acceptors (Lipinski definition) is 2. The van der Waals surface area contributed by atoms with E-state index in [1.54, 1.807) is 11.3 Å². The second-order valence-corrected chi connectivity index (χ2v) is 6.12. The third-order valence-corrected chi connectivity index (χ3v) is 4.41. The van der Waals surface area contributed by atoms with E-state index in [9.17, 15) is 4.79 Å². The number of carbonyl (C=O) groups is 1. The van der Waals surface area contributed by atoms with Crippen LogP contribution in [0.1, 0.15) is 34.9 Å². The zero-order valence-electron chi connectivity index (χ0n) is 10.9. The maximum atomic E-state index is 12.0. The van der Waals surface area contributed by atoms with Crippen molar-refractivity contribution in [2.75, 3.05) is 0 Å². The van der Waals surface area contributed by atoms with Gasteiger partial charge in [0.25, 0.3) is 0 Å². The van der Waals surface area contributed by atoms with Crippen LogP contribution in [-0.4, -0.2) is 5.91 Å². The van der Waals surface area contributed by atoms with Gasteiger partial charge in [-0.15, -0.1) is 11.3 Å². The van der Waals surface area contributed by atoms with Gasteiger partial charge in [-0.25, -0.2) is 0 Å². The molecule has 1 amide bonds. The largest absolute Gasteiger partial charge is 0.344 e. The highest BCUT2D eigenvalue weighted by Gasteiger charge is 2.31. The van der Waals surface area contributed by atoms with Crippen molar-refractivity contribution in [3.8, 4) is 0 Å². The van der Waals surface area contributed by atoms with E-state index in [1.807, 2.05) is 6.07 Å². The van der Waals surface area contributed by atoms with Gasteiger partial charge in [0.05, 0.1) is 6.04 Å². The molecule has 1 aliphatic carbocycles. The number of thiophene rings is 1. The fourth-order valence-corrected chi connectivity index (χ4v) is 2.94. The number of amides is 1. The van der Waals surface area contributed by atoms with Gasteiger partial charge in [0, 0.05) is 10.8 Å². The summed E-state index contributed by atoms with van der Waals surface area (Å²) in [5.41, 5.74) is 2.39. The molecular weight excluding hydrogens is 254 g/mol. The maximum Gasteiger partial charge on any atom is 0.223 e. The van der Waals surface area contributed by atoms with Crippen molar-refractivity contribution in [1.82, 2.24) is 5.32 Å². The Morgan fingerprint density at radius 1 is 1.26 bits per heavy atom. The lowest BCUT2D eigenvalue weighted by atomic mass is 10.0. The molecule has 2 aromatic rings. The second kappa shape index (κ2) is 5.17. The van der Waals surface area contributed by atoms with Crippen molar-refractivity contribution in [3.63, 3.8) is 0 Å². The van der Waals surface area contributed by atoms with Crippen LogP contribution in [0, 0.1) is 12.8 Å². The zero-order chi connectivity index (χ0) is 13.2. The van der Waals surface area contributed by atoms with Crippen LogP contribution >= 0.6 is 11.3 Å². The van der Waals surface area contributed by atoms with E-state index in [4.69, 9.17) is 0 Å². The highest BCUT2D eigenvalue weighted by molar-refractivity contribution is 7.10. The van der Waals surface area contributed by atoms with Gasteiger partial charge in [0.15, 0.2) is 0 Å². The molecular formula is C16H17NOS. The Morgan fingerprint density at radius 2 is 2.00 bits per heavy atom. The van der Waals surface area contributed by atoms with Crippen molar-refractivity contribution in [2.45, 2.75) is 25.8 Å². The SMILES string of the molecule is Cc1ccc(C(NC(=O)C2CC2)c2cccs2)cc1. The molecule has 1 heterocycles. The first-order valence-corrected chi connectivity index (χ1v) is 7.52. The van der Waals surface area contributed by atoms with Crippen molar-refractivity contribution in [3.05, 3.63) is 57.8 Å². The average Bonchev–Trinajstić information content (AvgIpc) is 3.13. The number of aryl methyl sites for hydroxylation is 1. The molecule has 0 bridgehead atoms. The van der Waals surface area contributed by atoms with Gasteiger partial charge in [-0.3, -0.25) is 4.79 Å². The molecule has 2 nitrogen and oxygen atoms in total. The Balaban J connectivity index is 1.87. The lowest BCUT2D eigenvalue weighted by Gasteiger charge is -2.18. The zero-order valence-corrected chi connectivity index (χ0v) is 11.7. The first kappa shape index (κ1) is 12.4. The Bertz CT molecular complexity index is 555. The molecule has 1 unspecified atom stereocenters. The summed E-state index contributed by atoms with van der Waals surface area (Å²) in [7, 11) is 0. The molecule has 1 aliphatic rings. The van der Waals surface area contributed by atoms with Crippen LogP contribution in [0.5, 0.6) is 0 Å². The van der Waals surface area contributed by atoms with E-state index in [1.165, 1.54) is 10.4 Å². The van der Waals surface area contributed by atoms with Gasteiger partial charge in [-0.05, 0) is 36.8 Å². The molecule has 1 atom stereocenters. The number of hydrogen-bond donors (Lipinski definition) is 1. The lowest BCUT2D eigenvalue weighted by molar-refractivity contribution is -0.122. The molecule has 1 aromatic carbocycles. The van der Waals surface area contributed by atoms with Gasteiger partial charge in [-0.1, -0.05) is 35.9 Å². The fourth-order valence-electron chi connectivity index (χ4n) is 2.14. The summed E-state index contributed by atoms with van der Waals surface area (Å²) < 4.78 is 0. The monoisotopic (exact) mass is 271 g/mol. The number of rotatable bonds is 4. The molecule has 0 aliphatic heterocycles. The van der Waals surface area contributed by atoms with Crippen molar-refractivity contribution in [2.24, 2.45) is 5.92 Å². The molecule has 0 saturated heterocycles. The van der Waals surface area contributed by atoms with Gasteiger partial charge in [-0.2, -0.15) is 0 Å². The van der Waals surface area contributed by atoms with Crippen LogP contribution < -0.4 is 5.32 Å². The number of benzene rings is 1. The molecule has 1 saturated carbocycles. The van der Waals surface area contributed by atoms with E-state index >= 15 is 0 Å². The van der Waals surface area contributed by atoms with Crippen molar-refractivity contribution < 1.29 is 4.79 Å². The molecule has 98 valence electrons. The normalized spacial score (nSPS) is 16.1. The van der Waals surface area contributed by atoms with Crippen LogP contribution in [0.25, 0.3) is 0 Å². The van der Waals surface area contributed by atoms with Crippen LogP contribution in [0.4, 0.5) is 0 Å². The van der Waals surface area contributed by atoms with Crippen LogP contribution in [0.3, 0.4) is 0 Å². The number of nitrogens with one attached hydrogen (secondary N) is 1. The summed E-state index contributed by atoms with van der Waals surface area (Å²) in [5, 5.41) is 5.24. The van der Waals surface area contributed by atoms with E-state index < -0.39 is 0 Å². The summed E-state index contributed by atoms with van der Waals surface area (Å²) in [6, 6.07) is 12.5. The molecule has 0 spiro atoms. The van der Waals surface area contributed by atoms with Gasteiger partial charge < -0.3 is 5.32 Å². The first-order valence-electron chi connectivity index (χ1n) is 6.64. The highest BCUT2D eigenvalue weighted by Crippen LogP contribution is 2.32. The molecule has 1 aromatic heterocycles. The van der Waals surface area contributed by atoms with Gasteiger partial charge in [0.1, 0.15) is 0 Å². The van der Waals surface area contributed by atoms with Crippen molar-refractivity contribution >= 4 is 17.2 Å². The fraction of sp³-hybridized carbons (Fsp3) is 0.312. The standard InChI is InChI=1S/C16H17NOS/c1-11-4-6-12(7-5-11)15(14-3-2-10-19-14)17-16(18)13-8-9-13/h2-7,10,13,15H,8-9H2,1H3,(H,17,18). The average molecular weight is 271 g/mol. The second-order valence-electron chi connectivity index (χ2n) is 5.14. The lowest BCUT2D eigenvalue weighted by Crippen LogP contribution is -2.29. The minimum absolute atomic E-state index is 0.00583. The molecule has 1 N–H and O–H groups in total. The molecule has 1 fully saturated rings. The molecule has 0 radical (unpaired) electrons. The van der Waals surface area contributed by atoms with Crippen LogP contribution in [0.2, 0.25) is 0 Å². The molecule has 19 heavy (non-hydrogen) atoms. The predicted octanol–water partition coefficient (Wildman–Crippen LogP) is 3.67. The van der Waals surface area contributed by atoms with Crippen LogP contribution in [0.15, 0.2) is 41.8 Å². The predicted molar refractivity (Wildman–Crippen MR) is 78.2 cm³/mol. The minimum atomic E-state index is -0.00583. The maximum absolute atomic E-state index is 12.0. The molecule has 3 heteroatoms. The Morgan fingerprint density at radius 3 is 2.58 bits per heavy atom. The van der Waals surface area contributed by atoms with Gasteiger partial charge in [0.2, 0.25) is 5.91 Å². The summed E-state index contributed by atoms with van der Waals surface area (Å²) in [6.07, 6.45) is 2.08. The first-order chi connectivity index (χ1) is 9.24. The minimum Gasteiger partial charge on any atom is -0.344 e. The highest BCUT2D eigenvalue weighted by atomic mass is 32.1. The summed E-state index contributed by atoms with van der Waals surface area (Å²) in [5.74, 6) is 0.437. The Hall–Kier alpha value is -1.61. The Labute approximate surface area is 117 Å². The summed E-state index contributed by atoms with van der Waals surface area (Å²) in [4.78, 5) is 13.2. The molecule has 3 rings (SSSR count).